The number of benzene rings is 2. The number of rotatable bonds is 9. The average Bonchev–Trinajstić information content (AvgIpc) is 2.69. The fraction of sp³-hybridized carbons (Fsp3) is 0.316. The SMILES string of the molecule is COc1ccc(OCCNC(=O)NCc2ccc(OC)c(OC)c2)cc1. The quantitative estimate of drug-likeness (QED) is 0.672. The fourth-order valence-electron chi connectivity index (χ4n) is 2.24. The Balaban J connectivity index is 1.68. The van der Waals surface area contributed by atoms with Crippen molar-refractivity contribution in [3.63, 3.8) is 0 Å². The third-order valence-corrected chi connectivity index (χ3v) is 3.62. The molecule has 0 atom stereocenters. The first-order valence-corrected chi connectivity index (χ1v) is 8.15. The van der Waals surface area contributed by atoms with Gasteiger partial charge in [-0.3, -0.25) is 0 Å². The van der Waals surface area contributed by atoms with E-state index in [0.29, 0.717) is 31.2 Å². The lowest BCUT2D eigenvalue weighted by Crippen LogP contribution is -2.37. The van der Waals surface area contributed by atoms with Crippen molar-refractivity contribution in [1.82, 2.24) is 10.6 Å². The molecule has 140 valence electrons. The molecule has 0 aliphatic carbocycles. The summed E-state index contributed by atoms with van der Waals surface area (Å²) in [5.74, 6) is 2.76. The van der Waals surface area contributed by atoms with E-state index in [1.165, 1.54) is 0 Å². The second-order valence-electron chi connectivity index (χ2n) is 5.32. The molecule has 0 saturated carbocycles. The summed E-state index contributed by atoms with van der Waals surface area (Å²) in [5, 5.41) is 5.52. The van der Waals surface area contributed by atoms with Gasteiger partial charge in [0.15, 0.2) is 11.5 Å². The lowest BCUT2D eigenvalue weighted by atomic mass is 10.2. The van der Waals surface area contributed by atoms with Crippen molar-refractivity contribution in [1.29, 1.82) is 0 Å². The van der Waals surface area contributed by atoms with Crippen LogP contribution in [0.5, 0.6) is 23.0 Å². The van der Waals surface area contributed by atoms with E-state index >= 15 is 0 Å². The van der Waals surface area contributed by atoms with Crippen molar-refractivity contribution in [2.75, 3.05) is 34.5 Å². The first kappa shape index (κ1) is 19.2. The third kappa shape index (κ3) is 5.77. The standard InChI is InChI=1S/C19H24N2O5/c1-23-15-5-7-16(8-6-15)26-11-10-20-19(22)21-13-14-4-9-17(24-2)18(12-14)25-3/h4-9,12H,10-11,13H2,1-3H3,(H2,20,21,22). The average molecular weight is 360 g/mol. The fourth-order valence-corrected chi connectivity index (χ4v) is 2.24. The smallest absolute Gasteiger partial charge is 0.315 e. The van der Waals surface area contributed by atoms with Crippen molar-refractivity contribution in [2.24, 2.45) is 0 Å². The number of urea groups is 1. The van der Waals surface area contributed by atoms with Crippen LogP contribution in [-0.2, 0) is 6.54 Å². The lowest BCUT2D eigenvalue weighted by molar-refractivity contribution is 0.236. The number of amides is 2. The van der Waals surface area contributed by atoms with Crippen molar-refractivity contribution >= 4 is 6.03 Å². The molecule has 7 nitrogen and oxygen atoms in total. The van der Waals surface area contributed by atoms with Crippen molar-refractivity contribution in [3.8, 4) is 23.0 Å². The summed E-state index contributed by atoms with van der Waals surface area (Å²) < 4.78 is 21.1. The van der Waals surface area contributed by atoms with E-state index in [4.69, 9.17) is 18.9 Å². The molecule has 2 aromatic rings. The molecule has 2 N–H and O–H groups in total. The largest absolute Gasteiger partial charge is 0.497 e. The zero-order valence-corrected chi connectivity index (χ0v) is 15.2. The zero-order chi connectivity index (χ0) is 18.8. The molecule has 26 heavy (non-hydrogen) atoms. The van der Waals surface area contributed by atoms with Crippen LogP contribution < -0.4 is 29.6 Å². The third-order valence-electron chi connectivity index (χ3n) is 3.62. The van der Waals surface area contributed by atoms with Gasteiger partial charge in [0.25, 0.3) is 0 Å². The number of hydrogen-bond acceptors (Lipinski definition) is 5. The van der Waals surface area contributed by atoms with Crippen LogP contribution in [0.1, 0.15) is 5.56 Å². The van der Waals surface area contributed by atoms with E-state index in [1.807, 2.05) is 36.4 Å². The minimum Gasteiger partial charge on any atom is -0.497 e. The molecule has 2 rings (SSSR count). The Morgan fingerprint density at radius 1 is 0.846 bits per heavy atom. The van der Waals surface area contributed by atoms with Gasteiger partial charge in [-0.2, -0.15) is 0 Å². The maximum absolute atomic E-state index is 11.8. The van der Waals surface area contributed by atoms with E-state index < -0.39 is 0 Å². The highest BCUT2D eigenvalue weighted by Gasteiger charge is 2.06. The van der Waals surface area contributed by atoms with Gasteiger partial charge < -0.3 is 29.6 Å². The summed E-state index contributed by atoms with van der Waals surface area (Å²) in [7, 11) is 4.77. The van der Waals surface area contributed by atoms with Gasteiger partial charge in [0.1, 0.15) is 18.1 Å². The van der Waals surface area contributed by atoms with Gasteiger partial charge in [-0.25, -0.2) is 4.79 Å². The van der Waals surface area contributed by atoms with E-state index in [2.05, 4.69) is 10.6 Å². The summed E-state index contributed by atoms with van der Waals surface area (Å²) in [5.41, 5.74) is 0.910. The van der Waals surface area contributed by atoms with E-state index in [-0.39, 0.29) is 6.03 Å². The molecule has 0 aromatic heterocycles. The Hall–Kier alpha value is -3.09. The van der Waals surface area contributed by atoms with Crippen LogP contribution in [-0.4, -0.2) is 40.5 Å². The second kappa shape index (κ2) is 10.0. The van der Waals surface area contributed by atoms with Crippen LogP contribution in [0.15, 0.2) is 42.5 Å². The molecule has 0 unspecified atom stereocenters. The number of nitrogens with one attached hydrogen (secondary N) is 2. The summed E-state index contributed by atoms with van der Waals surface area (Å²) in [6.07, 6.45) is 0. The number of carbonyl (C=O) groups is 1. The molecule has 0 spiro atoms. The highest BCUT2D eigenvalue weighted by Crippen LogP contribution is 2.27. The Morgan fingerprint density at radius 2 is 1.54 bits per heavy atom. The van der Waals surface area contributed by atoms with Crippen molar-refractivity contribution in [2.45, 2.75) is 6.54 Å². The molecule has 0 bridgehead atoms. The van der Waals surface area contributed by atoms with Crippen LogP contribution in [0, 0.1) is 0 Å². The van der Waals surface area contributed by atoms with Gasteiger partial charge in [-0.05, 0) is 42.0 Å². The van der Waals surface area contributed by atoms with Crippen molar-refractivity contribution in [3.05, 3.63) is 48.0 Å². The lowest BCUT2D eigenvalue weighted by Gasteiger charge is -2.11. The predicted molar refractivity (Wildman–Crippen MR) is 98.3 cm³/mol. The zero-order valence-electron chi connectivity index (χ0n) is 15.2. The van der Waals surface area contributed by atoms with Gasteiger partial charge in [-0.15, -0.1) is 0 Å². The Kier molecular flexibility index (Phi) is 7.42. The Morgan fingerprint density at radius 3 is 2.19 bits per heavy atom. The molecule has 0 heterocycles. The molecule has 2 aromatic carbocycles. The number of carbonyl (C=O) groups excluding carboxylic acids is 1. The van der Waals surface area contributed by atoms with E-state index in [0.717, 1.165) is 17.1 Å². The van der Waals surface area contributed by atoms with Crippen LogP contribution in [0.25, 0.3) is 0 Å². The van der Waals surface area contributed by atoms with E-state index in [9.17, 15) is 4.79 Å². The van der Waals surface area contributed by atoms with Crippen molar-refractivity contribution < 1.29 is 23.7 Å². The topological polar surface area (TPSA) is 78.1 Å². The monoisotopic (exact) mass is 360 g/mol. The number of methoxy groups -OCH3 is 3. The number of hydrogen-bond donors (Lipinski definition) is 2. The first-order chi connectivity index (χ1) is 12.7. The molecule has 7 heteroatoms. The first-order valence-electron chi connectivity index (χ1n) is 8.15. The highest BCUT2D eigenvalue weighted by molar-refractivity contribution is 5.73. The molecule has 2 amide bonds. The minimum absolute atomic E-state index is 0.266. The minimum atomic E-state index is -0.266. The second-order valence-corrected chi connectivity index (χ2v) is 5.32. The van der Waals surface area contributed by atoms with Gasteiger partial charge in [-0.1, -0.05) is 6.07 Å². The van der Waals surface area contributed by atoms with Gasteiger partial charge in [0.2, 0.25) is 0 Å². The molecule has 0 aliphatic heterocycles. The summed E-state index contributed by atoms with van der Waals surface area (Å²) in [6, 6.07) is 12.5. The maximum Gasteiger partial charge on any atom is 0.315 e. The molecule has 0 aliphatic rings. The molecule has 0 radical (unpaired) electrons. The summed E-state index contributed by atoms with van der Waals surface area (Å²) in [4.78, 5) is 11.8. The summed E-state index contributed by atoms with van der Waals surface area (Å²) in [6.45, 7) is 1.14. The summed E-state index contributed by atoms with van der Waals surface area (Å²) >= 11 is 0. The Labute approximate surface area is 153 Å². The molecule has 0 fully saturated rings. The van der Waals surface area contributed by atoms with E-state index in [1.54, 1.807) is 27.4 Å². The van der Waals surface area contributed by atoms with Gasteiger partial charge in [0, 0.05) is 6.54 Å². The van der Waals surface area contributed by atoms with Crippen LogP contribution in [0.4, 0.5) is 4.79 Å². The molecular weight excluding hydrogens is 336 g/mol. The van der Waals surface area contributed by atoms with Crippen LogP contribution in [0.2, 0.25) is 0 Å². The Bertz CT molecular complexity index is 704. The molecule has 0 saturated heterocycles. The maximum atomic E-state index is 11.8. The van der Waals surface area contributed by atoms with Crippen LogP contribution >= 0.6 is 0 Å². The highest BCUT2D eigenvalue weighted by atomic mass is 16.5. The normalized spacial score (nSPS) is 9.96. The van der Waals surface area contributed by atoms with Gasteiger partial charge >= 0.3 is 6.03 Å². The van der Waals surface area contributed by atoms with Gasteiger partial charge in [0.05, 0.1) is 27.9 Å². The van der Waals surface area contributed by atoms with Crippen LogP contribution in [0.3, 0.4) is 0 Å². The number of ether oxygens (including phenoxy) is 4. The molecular formula is C19H24N2O5. The predicted octanol–water partition coefficient (Wildman–Crippen LogP) is 2.59.